The van der Waals surface area contributed by atoms with Crippen molar-refractivity contribution in [2.45, 2.75) is 41.5 Å². The molecule has 0 fully saturated rings. The Labute approximate surface area is 197 Å². The maximum Gasteiger partial charge on any atom is 0.275 e. The van der Waals surface area contributed by atoms with Crippen LogP contribution in [0.4, 0.5) is 0 Å². The molecule has 4 aromatic rings. The van der Waals surface area contributed by atoms with Crippen LogP contribution in [-0.2, 0) is 0 Å². The lowest BCUT2D eigenvalue weighted by Crippen LogP contribution is -2.27. The fourth-order valence-corrected chi connectivity index (χ4v) is 5.35. The summed E-state index contributed by atoms with van der Waals surface area (Å²) in [5, 5.41) is 5.02. The number of rotatable bonds is 6. The molecule has 0 atom stereocenters. The van der Waals surface area contributed by atoms with Crippen LogP contribution < -0.4 is 16.0 Å². The molecule has 3 aromatic heterocycles. The van der Waals surface area contributed by atoms with Crippen molar-refractivity contribution in [2.75, 3.05) is 0 Å². The van der Waals surface area contributed by atoms with Gasteiger partial charge in [0.1, 0.15) is 0 Å². The van der Waals surface area contributed by atoms with E-state index in [-0.39, 0.29) is 0 Å². The van der Waals surface area contributed by atoms with Gasteiger partial charge in [-0.05, 0) is 70.9 Å². The molecule has 3 heterocycles. The van der Waals surface area contributed by atoms with E-state index < -0.39 is 0 Å². The molecule has 1 aromatic carbocycles. The molecule has 0 unspecified atom stereocenters. The van der Waals surface area contributed by atoms with E-state index >= 15 is 0 Å². The summed E-state index contributed by atoms with van der Waals surface area (Å²) in [5.41, 5.74) is 10.0. The average molecular weight is 432 g/mol. The van der Waals surface area contributed by atoms with Crippen LogP contribution >= 0.6 is 0 Å². The largest absolute Gasteiger partial charge is 0.385 e. The van der Waals surface area contributed by atoms with Crippen LogP contribution in [0.1, 0.15) is 61.5 Å². The Kier molecular flexibility index (Phi) is 6.08. The molecule has 3 heteroatoms. The highest BCUT2D eigenvalue weighted by molar-refractivity contribution is 6.53. The molecule has 166 valence electrons. The van der Waals surface area contributed by atoms with Gasteiger partial charge < -0.3 is 8.88 Å². The lowest BCUT2D eigenvalue weighted by Gasteiger charge is -2.11. The van der Waals surface area contributed by atoms with E-state index in [1.54, 1.807) is 0 Å². The van der Waals surface area contributed by atoms with Gasteiger partial charge in [0, 0.05) is 38.3 Å². The summed E-state index contributed by atoms with van der Waals surface area (Å²) in [4.78, 5) is 0. The summed E-state index contributed by atoms with van der Waals surface area (Å²) in [5.74, 6) is 0. The number of allylic oxidation sites excluding steroid dienone is 2. The van der Waals surface area contributed by atoms with E-state index in [4.69, 9.17) is 0 Å². The third kappa shape index (κ3) is 3.26. The van der Waals surface area contributed by atoms with E-state index in [2.05, 4.69) is 112 Å². The highest BCUT2D eigenvalue weighted by atomic mass is 14.9. The maximum absolute atomic E-state index is 4.13. The number of aromatic nitrogens is 2. The number of nitrogens with zero attached hydrogens (tertiary/aromatic N) is 2. The van der Waals surface area contributed by atoms with Crippen molar-refractivity contribution in [3.8, 4) is 0 Å². The van der Waals surface area contributed by atoms with Crippen LogP contribution in [0.3, 0.4) is 0 Å². The van der Waals surface area contributed by atoms with Crippen molar-refractivity contribution in [3.63, 3.8) is 0 Å². The van der Waals surface area contributed by atoms with Gasteiger partial charge >= 0.3 is 0 Å². The second kappa shape index (κ2) is 8.82. The van der Waals surface area contributed by atoms with Gasteiger partial charge in [-0.3, -0.25) is 0 Å². The first kappa shape index (κ1) is 22.7. The first-order valence-corrected chi connectivity index (χ1v) is 11.7. The number of benzene rings is 1. The van der Waals surface area contributed by atoms with Gasteiger partial charge in [-0.25, -0.2) is 0 Å². The molecule has 0 saturated carbocycles. The van der Waals surface area contributed by atoms with Crippen LogP contribution in [0.5, 0.6) is 0 Å². The molecule has 0 saturated heterocycles. The second-order valence-corrected chi connectivity index (χ2v) is 8.57. The van der Waals surface area contributed by atoms with Crippen LogP contribution in [0.2, 0.25) is 0 Å². The summed E-state index contributed by atoms with van der Waals surface area (Å²) < 4.78 is 4.78. The normalized spacial score (nSPS) is 13.5. The zero-order chi connectivity index (χ0) is 23.9. The van der Waals surface area contributed by atoms with Gasteiger partial charge in [0.05, 0.1) is 11.2 Å². The molecule has 0 radical (unpaired) electrons. The Morgan fingerprint density at radius 3 is 1.88 bits per heavy atom. The Hall–Kier alpha value is -3.46. The summed E-state index contributed by atoms with van der Waals surface area (Å²) in [6.07, 6.45) is 17.1. The topological polar surface area (TPSA) is 9.34 Å². The number of hydrogen-bond donors (Lipinski definition) is 0. The minimum Gasteiger partial charge on any atom is -0.385 e. The lowest BCUT2D eigenvalue weighted by atomic mass is 9.80. The summed E-state index contributed by atoms with van der Waals surface area (Å²) in [6.45, 7) is 21.1. The maximum atomic E-state index is 4.13. The minimum absolute atomic E-state index is 0.810. The zero-order valence-corrected chi connectivity index (χ0v) is 20.8. The van der Waals surface area contributed by atoms with Crippen LogP contribution in [0.25, 0.3) is 52.7 Å². The van der Waals surface area contributed by atoms with E-state index in [0.717, 1.165) is 18.7 Å². The first-order valence-electron chi connectivity index (χ1n) is 11.7. The van der Waals surface area contributed by atoms with E-state index in [9.17, 15) is 0 Å². The predicted molar refractivity (Wildman–Crippen MR) is 151 cm³/mol. The van der Waals surface area contributed by atoms with Crippen molar-refractivity contribution >= 4 is 65.6 Å². The van der Waals surface area contributed by atoms with Crippen LogP contribution in [0.15, 0.2) is 37.4 Å². The monoisotopic (exact) mass is 432 g/mol. The fraction of sp³-hybridized carbons (Fsp3) is 0.200. The Bertz CT molecular complexity index is 1530. The van der Waals surface area contributed by atoms with Gasteiger partial charge in [-0.2, -0.15) is 0 Å². The predicted octanol–water partition coefficient (Wildman–Crippen LogP) is 5.43. The van der Waals surface area contributed by atoms with Crippen molar-refractivity contribution in [1.29, 1.82) is 0 Å². The molecule has 0 aliphatic carbocycles. The minimum atomic E-state index is 0.810. The molecule has 4 rings (SSSR count). The third-order valence-electron chi connectivity index (χ3n) is 6.87. The van der Waals surface area contributed by atoms with E-state index in [1.165, 1.54) is 54.8 Å². The highest BCUT2D eigenvalue weighted by Crippen LogP contribution is 2.29. The average Bonchev–Trinajstić information content (AvgIpc) is 3.38. The standard InChI is InChI=1S/C30H33BN2/c1-9-15-28-19(7)20(8)29(16-10-2)33(28)31-21-17-24-22(11-3)26(13-5)32-27(14-6)23(12-4)25(18-21)30(24)32/h9-18,31H,3,5H2,1-2,4,6-8H3/b15-9-,16-10-,23-12-,27-14+. The van der Waals surface area contributed by atoms with Crippen molar-refractivity contribution in [1.82, 2.24) is 8.88 Å². The summed E-state index contributed by atoms with van der Waals surface area (Å²) in [6, 6.07) is 4.71. The molecule has 0 bridgehead atoms. The van der Waals surface area contributed by atoms with E-state index in [1.807, 2.05) is 12.2 Å². The second-order valence-electron chi connectivity index (χ2n) is 8.57. The third-order valence-corrected chi connectivity index (χ3v) is 6.87. The first-order chi connectivity index (χ1) is 16.0. The highest BCUT2D eigenvalue weighted by Gasteiger charge is 2.20. The molecule has 0 amide bonds. The van der Waals surface area contributed by atoms with Gasteiger partial charge in [0.25, 0.3) is 7.41 Å². The SMILES string of the molecule is C=Cc1c(C=C)n2c(=C/C)/c(=C\C)c3cc(Bn4c(/C=C\C)c(C)c(C)c4/C=C\C)cc1c32. The smallest absolute Gasteiger partial charge is 0.275 e. The van der Waals surface area contributed by atoms with Crippen molar-refractivity contribution in [2.24, 2.45) is 0 Å². The molecule has 0 aliphatic heterocycles. The van der Waals surface area contributed by atoms with Crippen molar-refractivity contribution < 1.29 is 0 Å². The molecule has 0 aliphatic rings. The van der Waals surface area contributed by atoms with Gasteiger partial charge in [0.2, 0.25) is 0 Å². The molecule has 33 heavy (non-hydrogen) atoms. The Balaban J connectivity index is 2.10. The molecule has 0 spiro atoms. The number of hydrogen-bond acceptors (Lipinski definition) is 0. The van der Waals surface area contributed by atoms with Gasteiger partial charge in [-0.15, -0.1) is 0 Å². The molecule has 0 N–H and O–H groups in total. The lowest BCUT2D eigenvalue weighted by molar-refractivity contribution is 1.14. The Morgan fingerprint density at radius 2 is 1.39 bits per heavy atom. The van der Waals surface area contributed by atoms with Crippen molar-refractivity contribution in [3.05, 3.63) is 81.8 Å². The van der Waals surface area contributed by atoms with Crippen LogP contribution in [0, 0.1) is 13.8 Å². The van der Waals surface area contributed by atoms with Gasteiger partial charge in [-0.1, -0.05) is 61.1 Å². The zero-order valence-electron chi connectivity index (χ0n) is 20.8. The molecular formula is C30H33BN2. The summed E-state index contributed by atoms with van der Waals surface area (Å²) >= 11 is 0. The summed E-state index contributed by atoms with van der Waals surface area (Å²) in [7, 11) is 0.810. The quantitative estimate of drug-likeness (QED) is 0.360. The van der Waals surface area contributed by atoms with Crippen LogP contribution in [-0.4, -0.2) is 16.3 Å². The Morgan fingerprint density at radius 1 is 0.788 bits per heavy atom. The van der Waals surface area contributed by atoms with Gasteiger partial charge in [0.15, 0.2) is 0 Å². The molecule has 2 nitrogen and oxygen atoms in total. The molecular weight excluding hydrogens is 399 g/mol. The van der Waals surface area contributed by atoms with E-state index in [0.29, 0.717) is 0 Å². The fourth-order valence-electron chi connectivity index (χ4n) is 5.35.